The molecule has 3 aromatic rings. The average molecular weight is 375 g/mol. The Labute approximate surface area is 163 Å². The van der Waals surface area contributed by atoms with E-state index in [0.717, 1.165) is 35.0 Å². The molecule has 0 bridgehead atoms. The molecule has 0 atom stereocenters. The Balaban J connectivity index is 1.58. The topological polar surface area (TPSA) is 71.5 Å². The smallest absolute Gasteiger partial charge is 0.274 e. The molecule has 2 heterocycles. The van der Waals surface area contributed by atoms with Crippen LogP contribution in [0.5, 0.6) is 0 Å². The van der Waals surface area contributed by atoms with E-state index in [-0.39, 0.29) is 18.4 Å². The van der Waals surface area contributed by atoms with Crippen LogP contribution in [0.3, 0.4) is 0 Å². The van der Waals surface area contributed by atoms with Crippen molar-refractivity contribution in [2.24, 2.45) is 0 Å². The molecule has 0 saturated heterocycles. The maximum absolute atomic E-state index is 12.7. The summed E-state index contributed by atoms with van der Waals surface area (Å²) in [5, 5.41) is 3.88. The molecule has 1 aromatic heterocycles. The summed E-state index contributed by atoms with van der Waals surface area (Å²) >= 11 is 0. The lowest BCUT2D eigenvalue weighted by molar-refractivity contribution is -0.122. The third-order valence-corrected chi connectivity index (χ3v) is 4.86. The molecule has 1 N–H and O–H groups in total. The number of fused-ring (bicyclic) bond motifs is 2. The summed E-state index contributed by atoms with van der Waals surface area (Å²) in [6, 6.07) is 16.9. The van der Waals surface area contributed by atoms with Crippen LogP contribution >= 0.6 is 0 Å². The van der Waals surface area contributed by atoms with Crippen molar-refractivity contribution in [3.05, 3.63) is 65.9 Å². The summed E-state index contributed by atoms with van der Waals surface area (Å²) in [5.41, 5.74) is 3.69. The van der Waals surface area contributed by atoms with Gasteiger partial charge in [0.15, 0.2) is 0 Å². The molecule has 6 nitrogen and oxygen atoms in total. The van der Waals surface area contributed by atoms with E-state index in [0.29, 0.717) is 17.9 Å². The van der Waals surface area contributed by atoms with Gasteiger partial charge in [0.1, 0.15) is 12.3 Å². The molecule has 0 aliphatic carbocycles. The number of amides is 2. The first-order valence-electron chi connectivity index (χ1n) is 9.25. The number of anilines is 2. The van der Waals surface area contributed by atoms with Crippen molar-refractivity contribution >= 4 is 34.1 Å². The van der Waals surface area contributed by atoms with Gasteiger partial charge in [-0.25, -0.2) is 4.98 Å². The average Bonchev–Trinajstić information content (AvgIpc) is 2.73. The Bertz CT molecular complexity index is 1050. The molecule has 1 aliphatic heterocycles. The van der Waals surface area contributed by atoms with Gasteiger partial charge in [-0.2, -0.15) is 0 Å². The minimum absolute atomic E-state index is 0.0387. The van der Waals surface area contributed by atoms with Gasteiger partial charge in [0.05, 0.1) is 5.52 Å². The van der Waals surface area contributed by atoms with Crippen LogP contribution in [0, 0.1) is 0 Å². The summed E-state index contributed by atoms with van der Waals surface area (Å²) in [5.74, 6) is -0.362. The van der Waals surface area contributed by atoms with Crippen LogP contribution in [-0.2, 0) is 16.0 Å². The van der Waals surface area contributed by atoms with Crippen LogP contribution in [0.2, 0.25) is 0 Å². The number of benzene rings is 2. The van der Waals surface area contributed by atoms with Gasteiger partial charge in [-0.15, -0.1) is 0 Å². The Kier molecular flexibility index (Phi) is 5.04. The van der Waals surface area contributed by atoms with Crippen molar-refractivity contribution in [2.45, 2.75) is 12.8 Å². The van der Waals surface area contributed by atoms with E-state index < -0.39 is 0 Å². The molecular formula is C22H21N3O3. The van der Waals surface area contributed by atoms with E-state index >= 15 is 0 Å². The van der Waals surface area contributed by atoms with Gasteiger partial charge in [-0.3, -0.25) is 9.59 Å². The van der Waals surface area contributed by atoms with E-state index in [9.17, 15) is 9.59 Å². The fourth-order valence-electron chi connectivity index (χ4n) is 3.50. The number of methoxy groups -OCH3 is 1. The van der Waals surface area contributed by atoms with Crippen LogP contribution in [-0.4, -0.2) is 37.1 Å². The predicted octanol–water partition coefficient (Wildman–Crippen LogP) is 3.41. The summed E-state index contributed by atoms with van der Waals surface area (Å²) < 4.78 is 4.99. The Morgan fingerprint density at radius 1 is 1.14 bits per heavy atom. The van der Waals surface area contributed by atoms with Gasteiger partial charge in [0.2, 0.25) is 0 Å². The van der Waals surface area contributed by atoms with Crippen molar-refractivity contribution < 1.29 is 14.3 Å². The Morgan fingerprint density at radius 3 is 2.86 bits per heavy atom. The lowest BCUT2D eigenvalue weighted by atomic mass is 10.0. The molecule has 142 valence electrons. The zero-order valence-corrected chi connectivity index (χ0v) is 15.6. The highest BCUT2D eigenvalue weighted by Gasteiger charge is 2.23. The van der Waals surface area contributed by atoms with Gasteiger partial charge in [0.25, 0.3) is 11.8 Å². The Morgan fingerprint density at radius 2 is 2.00 bits per heavy atom. The highest BCUT2D eigenvalue weighted by molar-refractivity contribution is 6.05. The molecule has 0 radical (unpaired) electrons. The maximum Gasteiger partial charge on any atom is 0.274 e. The molecule has 0 unspecified atom stereocenters. The van der Waals surface area contributed by atoms with Crippen LogP contribution < -0.4 is 10.2 Å². The first kappa shape index (κ1) is 18.1. The lowest BCUT2D eigenvalue weighted by Crippen LogP contribution is -2.37. The number of pyridine rings is 1. The SMILES string of the molecule is COCC(=O)N1CCCc2ccc(NC(=O)c3ccc4ccccc4n3)cc21. The van der Waals surface area contributed by atoms with Crippen LogP contribution in [0.15, 0.2) is 54.6 Å². The minimum atomic E-state index is -0.281. The van der Waals surface area contributed by atoms with Crippen LogP contribution in [0.4, 0.5) is 11.4 Å². The fraction of sp³-hybridized carbons (Fsp3) is 0.227. The predicted molar refractivity (Wildman–Crippen MR) is 109 cm³/mol. The van der Waals surface area contributed by atoms with E-state index in [1.807, 2.05) is 48.5 Å². The number of aryl methyl sites for hydroxylation is 1. The number of aromatic nitrogens is 1. The molecule has 2 aromatic carbocycles. The van der Waals surface area contributed by atoms with Crippen molar-refractivity contribution in [3.8, 4) is 0 Å². The molecule has 4 rings (SSSR count). The van der Waals surface area contributed by atoms with Crippen LogP contribution in [0.1, 0.15) is 22.5 Å². The molecule has 0 fully saturated rings. The molecule has 1 aliphatic rings. The minimum Gasteiger partial charge on any atom is -0.375 e. The number of ether oxygens (including phenoxy) is 1. The number of carbonyl (C=O) groups excluding carboxylic acids is 2. The van der Waals surface area contributed by atoms with E-state index in [1.165, 1.54) is 7.11 Å². The highest BCUT2D eigenvalue weighted by Crippen LogP contribution is 2.30. The summed E-state index contributed by atoms with van der Waals surface area (Å²) in [6.07, 6.45) is 1.82. The normalized spacial score (nSPS) is 13.2. The molecule has 2 amide bonds. The van der Waals surface area contributed by atoms with Crippen molar-refractivity contribution in [3.63, 3.8) is 0 Å². The van der Waals surface area contributed by atoms with Crippen molar-refractivity contribution in [2.75, 3.05) is 30.5 Å². The third kappa shape index (κ3) is 3.59. The molecule has 6 heteroatoms. The van der Waals surface area contributed by atoms with Crippen LogP contribution in [0.25, 0.3) is 10.9 Å². The molecular weight excluding hydrogens is 354 g/mol. The Hall–Kier alpha value is -3.25. The van der Waals surface area contributed by atoms with Crippen molar-refractivity contribution in [1.29, 1.82) is 0 Å². The lowest BCUT2D eigenvalue weighted by Gasteiger charge is -2.29. The number of hydrogen-bond acceptors (Lipinski definition) is 4. The third-order valence-electron chi connectivity index (χ3n) is 4.86. The largest absolute Gasteiger partial charge is 0.375 e. The quantitative estimate of drug-likeness (QED) is 0.759. The standard InChI is InChI=1S/C22H21N3O3/c1-28-14-21(26)25-12-4-6-16-8-10-17(13-20(16)25)23-22(27)19-11-9-15-5-2-3-7-18(15)24-19/h2-3,5,7-11,13H,4,6,12,14H2,1H3,(H,23,27). The molecule has 0 saturated carbocycles. The molecule has 28 heavy (non-hydrogen) atoms. The first-order valence-corrected chi connectivity index (χ1v) is 9.25. The van der Waals surface area contributed by atoms with Gasteiger partial charge in [-0.05, 0) is 42.7 Å². The second kappa shape index (κ2) is 7.78. The summed E-state index contributed by atoms with van der Waals surface area (Å²) in [7, 11) is 1.51. The molecule has 0 spiro atoms. The number of hydrogen-bond donors (Lipinski definition) is 1. The van der Waals surface area contributed by atoms with Crippen molar-refractivity contribution in [1.82, 2.24) is 4.98 Å². The van der Waals surface area contributed by atoms with E-state index in [2.05, 4.69) is 10.3 Å². The highest BCUT2D eigenvalue weighted by atomic mass is 16.5. The van der Waals surface area contributed by atoms with Gasteiger partial charge >= 0.3 is 0 Å². The summed E-state index contributed by atoms with van der Waals surface area (Å²) in [6.45, 7) is 0.690. The fourth-order valence-corrected chi connectivity index (χ4v) is 3.50. The van der Waals surface area contributed by atoms with E-state index in [4.69, 9.17) is 4.74 Å². The zero-order valence-electron chi connectivity index (χ0n) is 15.6. The van der Waals surface area contributed by atoms with Gasteiger partial charge in [-0.1, -0.05) is 30.3 Å². The van der Waals surface area contributed by atoms with Gasteiger partial charge < -0.3 is 15.0 Å². The van der Waals surface area contributed by atoms with Gasteiger partial charge in [0, 0.05) is 30.4 Å². The number of carbonyl (C=O) groups is 2. The van der Waals surface area contributed by atoms with E-state index in [1.54, 1.807) is 11.0 Å². The number of rotatable bonds is 4. The second-order valence-corrected chi connectivity index (χ2v) is 6.77. The first-order chi connectivity index (χ1) is 13.7. The number of para-hydroxylation sites is 1. The monoisotopic (exact) mass is 375 g/mol. The zero-order chi connectivity index (χ0) is 19.5. The number of nitrogens with one attached hydrogen (secondary N) is 1. The second-order valence-electron chi connectivity index (χ2n) is 6.77. The number of nitrogens with zero attached hydrogens (tertiary/aromatic N) is 2. The summed E-state index contributed by atoms with van der Waals surface area (Å²) in [4.78, 5) is 31.2. The maximum atomic E-state index is 12.7.